The van der Waals surface area contributed by atoms with Crippen molar-refractivity contribution in [3.05, 3.63) is 106 Å². The van der Waals surface area contributed by atoms with Gasteiger partial charge in [0, 0.05) is 22.4 Å². The second-order valence-electron chi connectivity index (χ2n) is 11.2. The third kappa shape index (κ3) is 5.27. The lowest BCUT2D eigenvalue weighted by Gasteiger charge is -2.38. The van der Waals surface area contributed by atoms with E-state index in [2.05, 4.69) is 99.8 Å². The van der Waals surface area contributed by atoms with Crippen LogP contribution in [0.4, 0.5) is 0 Å². The molecule has 1 unspecified atom stereocenters. The summed E-state index contributed by atoms with van der Waals surface area (Å²) in [7, 11) is 0. The second-order valence-corrected chi connectivity index (χ2v) is 12.1. The lowest BCUT2D eigenvalue weighted by Crippen LogP contribution is -2.42. The van der Waals surface area contributed by atoms with E-state index in [1.54, 1.807) is 0 Å². The highest BCUT2D eigenvalue weighted by atomic mass is 32.2. The third-order valence-electron chi connectivity index (χ3n) is 8.23. The van der Waals surface area contributed by atoms with Crippen molar-refractivity contribution < 1.29 is 14.2 Å². The van der Waals surface area contributed by atoms with Crippen molar-refractivity contribution in [2.24, 2.45) is 0 Å². The van der Waals surface area contributed by atoms with Crippen molar-refractivity contribution in [1.82, 2.24) is 5.32 Å². The molecule has 1 saturated heterocycles. The Kier molecular flexibility index (Phi) is 7.41. The van der Waals surface area contributed by atoms with Crippen molar-refractivity contribution in [2.75, 3.05) is 18.2 Å². The monoisotopic (exact) mass is 551 g/mol. The van der Waals surface area contributed by atoms with Crippen LogP contribution in [-0.2, 0) is 13.0 Å². The SMILES string of the molecule is Cc1c(C)c2c(c(C)c1OCc1ccccc1)CCC(C)(COc1ccc(C=C3CSCN3)c3ccccc13)O2. The number of rotatable bonds is 7. The van der Waals surface area contributed by atoms with Gasteiger partial charge in [0.1, 0.15) is 36.1 Å². The van der Waals surface area contributed by atoms with Crippen molar-refractivity contribution in [3.63, 3.8) is 0 Å². The molecule has 5 heteroatoms. The molecule has 0 saturated carbocycles. The molecule has 4 aromatic carbocycles. The zero-order valence-corrected chi connectivity index (χ0v) is 24.6. The molecular weight excluding hydrogens is 514 g/mol. The summed E-state index contributed by atoms with van der Waals surface area (Å²) in [6.07, 6.45) is 4.08. The summed E-state index contributed by atoms with van der Waals surface area (Å²) >= 11 is 1.91. The third-order valence-corrected chi connectivity index (χ3v) is 9.09. The van der Waals surface area contributed by atoms with Gasteiger partial charge in [0.2, 0.25) is 0 Å². The molecule has 1 N–H and O–H groups in total. The molecule has 2 aliphatic heterocycles. The van der Waals surface area contributed by atoms with Gasteiger partial charge in [-0.2, -0.15) is 0 Å². The number of nitrogens with one attached hydrogen (secondary N) is 1. The van der Waals surface area contributed by atoms with E-state index in [-0.39, 0.29) is 0 Å². The lowest BCUT2D eigenvalue weighted by atomic mass is 9.87. The zero-order chi connectivity index (χ0) is 27.7. The fourth-order valence-corrected chi connectivity index (χ4v) is 6.54. The van der Waals surface area contributed by atoms with E-state index in [9.17, 15) is 0 Å². The largest absolute Gasteiger partial charge is 0.489 e. The Morgan fingerprint density at radius 3 is 2.45 bits per heavy atom. The van der Waals surface area contributed by atoms with Crippen LogP contribution in [0.2, 0.25) is 0 Å². The van der Waals surface area contributed by atoms with Gasteiger partial charge in [-0.15, -0.1) is 11.8 Å². The molecule has 40 heavy (non-hydrogen) atoms. The molecule has 1 fully saturated rings. The summed E-state index contributed by atoms with van der Waals surface area (Å²) < 4.78 is 19.7. The molecule has 0 radical (unpaired) electrons. The molecule has 206 valence electrons. The van der Waals surface area contributed by atoms with E-state index in [1.807, 2.05) is 17.8 Å². The first-order chi connectivity index (χ1) is 19.4. The predicted octanol–water partition coefficient (Wildman–Crippen LogP) is 8.14. The predicted molar refractivity (Wildman–Crippen MR) is 167 cm³/mol. The van der Waals surface area contributed by atoms with E-state index < -0.39 is 5.60 Å². The van der Waals surface area contributed by atoms with E-state index in [0.717, 1.165) is 58.2 Å². The van der Waals surface area contributed by atoms with Crippen LogP contribution >= 0.6 is 11.8 Å². The van der Waals surface area contributed by atoms with Gasteiger partial charge < -0.3 is 19.5 Å². The number of thioether (sulfide) groups is 1. The Balaban J connectivity index is 1.21. The van der Waals surface area contributed by atoms with Gasteiger partial charge in [-0.05, 0) is 85.9 Å². The standard InChI is InChI=1S/C35H37NO3S/c1-23-24(2)34-29(25(3)33(23)37-19-26-10-6-5-7-11-26)16-17-35(4,39-34)21-38-32-15-14-27(18-28-20-40-22-36-28)30-12-8-9-13-31(30)32/h5-15,18,36H,16-17,19-22H2,1-4H3. The van der Waals surface area contributed by atoms with Crippen molar-refractivity contribution >= 4 is 28.6 Å². The molecule has 2 aliphatic rings. The van der Waals surface area contributed by atoms with Gasteiger partial charge in [0.05, 0.1) is 5.88 Å². The Hall–Kier alpha value is -3.57. The molecular formula is C35H37NO3S. The highest BCUT2D eigenvalue weighted by Crippen LogP contribution is 2.44. The number of hydrogen-bond acceptors (Lipinski definition) is 5. The summed E-state index contributed by atoms with van der Waals surface area (Å²) in [5.74, 6) is 4.89. The molecule has 6 rings (SSSR count). The fraction of sp³-hybridized carbons (Fsp3) is 0.314. The second kappa shape index (κ2) is 11.1. The molecule has 1 atom stereocenters. The number of benzene rings is 4. The van der Waals surface area contributed by atoms with Gasteiger partial charge >= 0.3 is 0 Å². The molecule has 0 bridgehead atoms. The minimum atomic E-state index is -0.421. The van der Waals surface area contributed by atoms with Gasteiger partial charge in [0.15, 0.2) is 0 Å². The van der Waals surface area contributed by atoms with Crippen molar-refractivity contribution in [2.45, 2.75) is 52.7 Å². The molecule has 4 nitrogen and oxygen atoms in total. The molecule has 0 aromatic heterocycles. The molecule has 0 amide bonds. The Bertz CT molecular complexity index is 1570. The van der Waals surface area contributed by atoms with Crippen LogP contribution in [-0.4, -0.2) is 23.8 Å². The summed E-state index contributed by atoms with van der Waals surface area (Å²) in [4.78, 5) is 0. The maximum atomic E-state index is 6.78. The summed E-state index contributed by atoms with van der Waals surface area (Å²) in [6.45, 7) is 9.66. The smallest absolute Gasteiger partial charge is 0.140 e. The molecule has 0 spiro atoms. The summed E-state index contributed by atoms with van der Waals surface area (Å²) in [5.41, 5.74) is 7.97. The summed E-state index contributed by atoms with van der Waals surface area (Å²) in [5, 5.41) is 5.80. The average Bonchev–Trinajstić information content (AvgIpc) is 3.49. The maximum Gasteiger partial charge on any atom is 0.140 e. The van der Waals surface area contributed by atoms with Crippen LogP contribution in [0.25, 0.3) is 16.8 Å². The molecule has 2 heterocycles. The molecule has 0 aliphatic carbocycles. The molecule has 4 aromatic rings. The quantitative estimate of drug-likeness (QED) is 0.251. The Morgan fingerprint density at radius 2 is 1.68 bits per heavy atom. The van der Waals surface area contributed by atoms with Crippen LogP contribution in [0.5, 0.6) is 17.2 Å². The first-order valence-corrected chi connectivity index (χ1v) is 15.2. The number of fused-ring (bicyclic) bond motifs is 2. The highest BCUT2D eigenvalue weighted by molar-refractivity contribution is 7.99. The fourth-order valence-electron chi connectivity index (χ4n) is 5.74. The van der Waals surface area contributed by atoms with Crippen molar-refractivity contribution in [1.29, 1.82) is 0 Å². The van der Waals surface area contributed by atoms with Gasteiger partial charge in [-0.1, -0.05) is 60.7 Å². The van der Waals surface area contributed by atoms with Gasteiger partial charge in [0.25, 0.3) is 0 Å². The van der Waals surface area contributed by atoms with Crippen LogP contribution in [0.1, 0.15) is 46.7 Å². The van der Waals surface area contributed by atoms with Crippen LogP contribution in [0, 0.1) is 20.8 Å². The van der Waals surface area contributed by atoms with Crippen LogP contribution in [0.15, 0.2) is 72.4 Å². The van der Waals surface area contributed by atoms with E-state index in [4.69, 9.17) is 14.2 Å². The van der Waals surface area contributed by atoms with Crippen molar-refractivity contribution in [3.8, 4) is 17.2 Å². The van der Waals surface area contributed by atoms with E-state index in [1.165, 1.54) is 33.3 Å². The Morgan fingerprint density at radius 1 is 0.900 bits per heavy atom. The summed E-state index contributed by atoms with van der Waals surface area (Å²) in [6, 6.07) is 23.1. The lowest BCUT2D eigenvalue weighted by molar-refractivity contribution is 0.0171. The first kappa shape index (κ1) is 26.6. The maximum absolute atomic E-state index is 6.78. The van der Waals surface area contributed by atoms with Crippen LogP contribution < -0.4 is 19.5 Å². The van der Waals surface area contributed by atoms with E-state index >= 15 is 0 Å². The van der Waals surface area contributed by atoms with Crippen LogP contribution in [0.3, 0.4) is 0 Å². The minimum absolute atomic E-state index is 0.421. The normalized spacial score (nSPS) is 19.2. The topological polar surface area (TPSA) is 39.7 Å². The highest BCUT2D eigenvalue weighted by Gasteiger charge is 2.36. The first-order valence-electron chi connectivity index (χ1n) is 14.1. The average molecular weight is 552 g/mol. The number of ether oxygens (including phenoxy) is 3. The zero-order valence-electron chi connectivity index (χ0n) is 23.8. The minimum Gasteiger partial charge on any atom is -0.489 e. The Labute approximate surface area is 241 Å². The van der Waals surface area contributed by atoms with Gasteiger partial charge in [-0.3, -0.25) is 0 Å². The van der Waals surface area contributed by atoms with Gasteiger partial charge in [-0.25, -0.2) is 0 Å². The van der Waals surface area contributed by atoms with E-state index in [0.29, 0.717) is 13.2 Å². The number of hydrogen-bond donors (Lipinski definition) is 1.